The summed E-state index contributed by atoms with van der Waals surface area (Å²) >= 11 is 0. The van der Waals surface area contributed by atoms with Crippen molar-refractivity contribution < 1.29 is 4.74 Å². The first-order valence-corrected chi connectivity index (χ1v) is 15.4. The first kappa shape index (κ1) is 27.9. The van der Waals surface area contributed by atoms with Gasteiger partial charge in [-0.1, -0.05) is 83.1 Å². The van der Waals surface area contributed by atoms with Gasteiger partial charge in [0.25, 0.3) is 0 Å². The van der Waals surface area contributed by atoms with E-state index in [0.29, 0.717) is 5.92 Å². The maximum absolute atomic E-state index is 6.53. The molecule has 5 nitrogen and oxygen atoms in total. The van der Waals surface area contributed by atoms with Gasteiger partial charge in [-0.15, -0.1) is 0 Å². The maximum atomic E-state index is 6.53. The lowest BCUT2D eigenvalue weighted by atomic mass is 9.87. The molecule has 220 valence electrons. The van der Waals surface area contributed by atoms with Crippen LogP contribution in [0, 0.1) is 5.92 Å². The Morgan fingerprint density at radius 3 is 2.25 bits per heavy atom. The van der Waals surface area contributed by atoms with Crippen molar-refractivity contribution in [3.05, 3.63) is 127 Å². The molecule has 0 saturated carbocycles. The van der Waals surface area contributed by atoms with E-state index in [9.17, 15) is 0 Å². The van der Waals surface area contributed by atoms with Gasteiger partial charge in [-0.25, -0.2) is 4.98 Å². The van der Waals surface area contributed by atoms with E-state index in [1.165, 1.54) is 22.0 Å². The van der Waals surface area contributed by atoms with Crippen LogP contribution in [0.2, 0.25) is 0 Å². The topological polar surface area (TPSA) is 42.6 Å². The summed E-state index contributed by atoms with van der Waals surface area (Å²) in [6, 6.07) is 38.3. The highest BCUT2D eigenvalue weighted by Crippen LogP contribution is 2.36. The Bertz CT molecular complexity index is 1980. The highest BCUT2D eigenvalue weighted by molar-refractivity contribution is 6.12. The summed E-state index contributed by atoms with van der Waals surface area (Å²) in [6.45, 7) is 12.1. The molecule has 1 atom stereocenters. The predicted octanol–water partition coefficient (Wildman–Crippen LogP) is 9.56. The lowest BCUT2D eigenvalue weighted by Gasteiger charge is -2.24. The maximum Gasteiger partial charge on any atom is 0.137 e. The Morgan fingerprint density at radius 2 is 1.50 bits per heavy atom. The smallest absolute Gasteiger partial charge is 0.137 e. The number of ether oxygens (including phenoxy) is 1. The Balaban J connectivity index is 1.24. The molecular weight excluding hydrogens is 540 g/mol. The molecule has 0 saturated heterocycles. The number of aliphatic imine (C=N–C) groups is 1. The van der Waals surface area contributed by atoms with Gasteiger partial charge in [-0.2, -0.15) is 0 Å². The third-order valence-corrected chi connectivity index (χ3v) is 8.58. The van der Waals surface area contributed by atoms with Crippen LogP contribution in [0.5, 0.6) is 11.5 Å². The van der Waals surface area contributed by atoms with Crippen LogP contribution in [0.4, 0.5) is 5.69 Å². The van der Waals surface area contributed by atoms with Crippen LogP contribution in [0.1, 0.15) is 45.7 Å². The molecular formula is C39H38N4O. The summed E-state index contributed by atoms with van der Waals surface area (Å²) in [7, 11) is 0. The van der Waals surface area contributed by atoms with Crippen molar-refractivity contribution in [1.82, 2.24) is 9.55 Å². The van der Waals surface area contributed by atoms with Crippen LogP contribution >= 0.6 is 0 Å². The average Bonchev–Trinajstić information content (AvgIpc) is 3.62. The molecule has 2 aromatic heterocycles. The van der Waals surface area contributed by atoms with Crippen LogP contribution < -0.4 is 9.64 Å². The van der Waals surface area contributed by atoms with Crippen molar-refractivity contribution in [2.45, 2.75) is 46.1 Å². The number of amidine groups is 1. The number of hydrogen-bond donors (Lipinski definition) is 0. The fourth-order valence-corrected chi connectivity index (χ4v) is 6.08. The van der Waals surface area contributed by atoms with E-state index in [0.717, 1.165) is 46.3 Å². The second kappa shape index (κ2) is 11.0. The third-order valence-electron chi connectivity index (χ3n) is 8.58. The molecule has 0 spiro atoms. The quantitative estimate of drug-likeness (QED) is 0.198. The Hall–Kier alpha value is -4.90. The number of benzene rings is 4. The molecule has 7 rings (SSSR count). The van der Waals surface area contributed by atoms with Crippen LogP contribution in [0.25, 0.3) is 27.6 Å². The number of nitrogens with zero attached hydrogens (tertiary/aromatic N) is 4. The fraction of sp³-hybridized carbons (Fsp3) is 0.231. The second-order valence-electron chi connectivity index (χ2n) is 13.0. The van der Waals surface area contributed by atoms with Gasteiger partial charge in [0, 0.05) is 40.8 Å². The van der Waals surface area contributed by atoms with Gasteiger partial charge < -0.3 is 9.64 Å². The molecule has 0 fully saturated rings. The Morgan fingerprint density at radius 1 is 0.750 bits per heavy atom. The predicted molar refractivity (Wildman–Crippen MR) is 183 cm³/mol. The van der Waals surface area contributed by atoms with E-state index in [2.05, 4.69) is 134 Å². The zero-order valence-corrected chi connectivity index (χ0v) is 26.0. The molecule has 44 heavy (non-hydrogen) atoms. The Kier molecular flexibility index (Phi) is 6.97. The summed E-state index contributed by atoms with van der Waals surface area (Å²) < 4.78 is 8.74. The Labute approximate surface area is 259 Å². The lowest BCUT2D eigenvalue weighted by Crippen LogP contribution is -2.31. The number of rotatable bonds is 6. The van der Waals surface area contributed by atoms with E-state index >= 15 is 0 Å². The minimum Gasteiger partial charge on any atom is -0.457 e. The molecule has 1 aliphatic rings. The number of aromatic nitrogens is 2. The minimum atomic E-state index is 0.113. The molecule has 1 aliphatic heterocycles. The van der Waals surface area contributed by atoms with E-state index in [1.807, 2.05) is 30.5 Å². The fourth-order valence-electron chi connectivity index (χ4n) is 6.08. The summed E-state index contributed by atoms with van der Waals surface area (Å²) in [5, 5.41) is 2.36. The van der Waals surface area contributed by atoms with Crippen molar-refractivity contribution >= 4 is 33.3 Å². The van der Waals surface area contributed by atoms with E-state index in [-0.39, 0.29) is 11.5 Å². The number of pyridine rings is 1. The van der Waals surface area contributed by atoms with Crippen molar-refractivity contribution in [3.63, 3.8) is 0 Å². The molecule has 0 bridgehead atoms. The van der Waals surface area contributed by atoms with Crippen molar-refractivity contribution in [3.8, 4) is 17.3 Å². The summed E-state index contributed by atoms with van der Waals surface area (Å²) in [5.74, 6) is 3.87. The van der Waals surface area contributed by atoms with Crippen molar-refractivity contribution in [2.75, 3.05) is 11.4 Å². The van der Waals surface area contributed by atoms with Crippen molar-refractivity contribution in [1.29, 1.82) is 0 Å². The van der Waals surface area contributed by atoms with Crippen molar-refractivity contribution in [2.24, 2.45) is 10.9 Å². The van der Waals surface area contributed by atoms with Gasteiger partial charge in [0.1, 0.15) is 23.2 Å². The average molecular weight is 579 g/mol. The number of hydrogen-bond acceptors (Lipinski definition) is 4. The van der Waals surface area contributed by atoms with E-state index < -0.39 is 0 Å². The number of anilines is 1. The zero-order chi connectivity index (χ0) is 30.4. The zero-order valence-electron chi connectivity index (χ0n) is 26.0. The highest BCUT2D eigenvalue weighted by Gasteiger charge is 2.29. The molecule has 0 radical (unpaired) electrons. The molecule has 0 amide bonds. The minimum absolute atomic E-state index is 0.113. The highest BCUT2D eigenvalue weighted by atomic mass is 16.5. The monoisotopic (exact) mass is 578 g/mol. The van der Waals surface area contributed by atoms with Gasteiger partial charge in [0.2, 0.25) is 0 Å². The van der Waals surface area contributed by atoms with Gasteiger partial charge >= 0.3 is 0 Å². The molecule has 0 N–H and O–H groups in total. The van der Waals surface area contributed by atoms with Crippen LogP contribution in [0.15, 0.2) is 120 Å². The summed E-state index contributed by atoms with van der Waals surface area (Å²) in [4.78, 5) is 12.2. The van der Waals surface area contributed by atoms with Gasteiger partial charge in [-0.3, -0.25) is 9.56 Å². The van der Waals surface area contributed by atoms with Crippen LogP contribution in [-0.2, 0) is 5.41 Å². The standard InChI is InChI=1S/C39H38N4O/c1-26(2)34-25-42(29-18-16-28(17-19-29)39(3,4)5)38(41-34)27-11-10-12-30(23-27)44-31-20-21-33-32-13-6-7-14-35(32)43(36(33)24-31)37-15-8-9-22-40-37/h6-24,26,34H,25H2,1-5H3/t34-/m0/s1. The summed E-state index contributed by atoms with van der Waals surface area (Å²) in [5.41, 5.74) is 5.84. The first-order chi connectivity index (χ1) is 21.3. The lowest BCUT2D eigenvalue weighted by molar-refractivity contribution is 0.483. The van der Waals surface area contributed by atoms with Gasteiger partial charge in [-0.05, 0) is 71.5 Å². The molecule has 4 aromatic carbocycles. The van der Waals surface area contributed by atoms with E-state index in [1.54, 1.807) is 0 Å². The molecule has 0 aliphatic carbocycles. The normalized spacial score (nSPS) is 15.4. The molecule has 0 unspecified atom stereocenters. The first-order valence-electron chi connectivity index (χ1n) is 15.4. The van der Waals surface area contributed by atoms with Crippen LogP contribution in [0.3, 0.4) is 0 Å². The molecule has 6 aromatic rings. The number of para-hydroxylation sites is 1. The number of fused-ring (bicyclic) bond motifs is 3. The largest absolute Gasteiger partial charge is 0.457 e. The third kappa shape index (κ3) is 5.13. The second-order valence-corrected chi connectivity index (χ2v) is 13.0. The van der Waals surface area contributed by atoms with Crippen LogP contribution in [-0.4, -0.2) is 28.0 Å². The summed E-state index contributed by atoms with van der Waals surface area (Å²) in [6.07, 6.45) is 1.83. The van der Waals surface area contributed by atoms with Gasteiger partial charge in [0.05, 0.1) is 17.1 Å². The molecule has 3 heterocycles. The molecule has 5 heteroatoms. The van der Waals surface area contributed by atoms with Gasteiger partial charge in [0.15, 0.2) is 0 Å². The SMILES string of the molecule is CC(C)[C@@H]1CN(c2ccc(C(C)(C)C)cc2)C(c2cccc(Oc3ccc4c5ccccc5n(-c5ccccn5)c4c3)c2)=N1. The van der Waals surface area contributed by atoms with E-state index in [4.69, 9.17) is 9.73 Å².